The number of aromatic nitrogens is 4. The molecule has 6 nitrogen and oxygen atoms in total. The first-order valence-corrected chi connectivity index (χ1v) is 10.1. The second-order valence-electron chi connectivity index (χ2n) is 8.13. The lowest BCUT2D eigenvalue weighted by Crippen LogP contribution is -2.16. The fraction of sp³-hybridized carbons (Fsp3) is 0.227. The summed E-state index contributed by atoms with van der Waals surface area (Å²) in [7, 11) is 0. The number of fused-ring (bicyclic) bond motifs is 1. The van der Waals surface area contributed by atoms with Crippen LogP contribution in [0.4, 0.5) is 5.82 Å². The fourth-order valence-electron chi connectivity index (χ4n) is 3.06. The molecule has 0 saturated carbocycles. The Balaban J connectivity index is 1.74. The fourth-order valence-corrected chi connectivity index (χ4v) is 3.42. The molecule has 2 N–H and O–H groups in total. The summed E-state index contributed by atoms with van der Waals surface area (Å²) >= 11 is 3.43. The summed E-state index contributed by atoms with van der Waals surface area (Å²) in [5.41, 5.74) is 3.94. The Morgan fingerprint density at radius 1 is 1.10 bits per heavy atom. The Bertz CT molecular complexity index is 1200. The van der Waals surface area contributed by atoms with E-state index in [2.05, 4.69) is 52.2 Å². The van der Waals surface area contributed by atoms with Crippen LogP contribution in [0.5, 0.6) is 0 Å². The van der Waals surface area contributed by atoms with Crippen molar-refractivity contribution in [2.75, 3.05) is 5.32 Å². The highest BCUT2D eigenvalue weighted by molar-refractivity contribution is 9.10. The first-order chi connectivity index (χ1) is 13.7. The van der Waals surface area contributed by atoms with Gasteiger partial charge in [0.15, 0.2) is 5.69 Å². The molecule has 0 saturated heterocycles. The van der Waals surface area contributed by atoms with E-state index in [-0.39, 0.29) is 11.3 Å². The van der Waals surface area contributed by atoms with E-state index in [0.29, 0.717) is 11.5 Å². The molecule has 0 aliphatic rings. The van der Waals surface area contributed by atoms with Gasteiger partial charge >= 0.3 is 0 Å². The third kappa shape index (κ3) is 3.82. The minimum atomic E-state index is -0.285. The molecule has 2 aromatic carbocycles. The number of H-pyrrole nitrogens is 1. The number of anilines is 1. The summed E-state index contributed by atoms with van der Waals surface area (Å²) in [5, 5.41) is 15.6. The summed E-state index contributed by atoms with van der Waals surface area (Å²) in [5.74, 6) is 0.323. The van der Waals surface area contributed by atoms with Crippen LogP contribution in [0.25, 0.3) is 16.6 Å². The molecule has 4 rings (SSSR count). The number of carbonyl (C=O) groups excluding carboxylic acids is 1. The van der Waals surface area contributed by atoms with E-state index in [1.165, 1.54) is 0 Å². The maximum Gasteiger partial charge on any atom is 0.277 e. The molecule has 29 heavy (non-hydrogen) atoms. The number of aromatic amines is 1. The highest BCUT2D eigenvalue weighted by atomic mass is 79.9. The molecule has 4 aromatic rings. The average Bonchev–Trinajstić information content (AvgIpc) is 3.26. The number of benzene rings is 2. The highest BCUT2D eigenvalue weighted by Gasteiger charge is 2.23. The normalized spacial score (nSPS) is 11.8. The summed E-state index contributed by atoms with van der Waals surface area (Å²) in [4.78, 5) is 13.0. The molecule has 0 bridgehead atoms. The molecule has 2 aromatic heterocycles. The van der Waals surface area contributed by atoms with Crippen molar-refractivity contribution in [2.45, 2.75) is 33.1 Å². The van der Waals surface area contributed by atoms with Crippen LogP contribution < -0.4 is 5.32 Å². The second-order valence-corrected chi connectivity index (χ2v) is 9.04. The highest BCUT2D eigenvalue weighted by Crippen LogP contribution is 2.27. The van der Waals surface area contributed by atoms with Crippen molar-refractivity contribution in [3.8, 4) is 5.69 Å². The van der Waals surface area contributed by atoms with Crippen LogP contribution in [0.1, 0.15) is 42.5 Å². The largest absolute Gasteiger partial charge is 0.305 e. The van der Waals surface area contributed by atoms with Crippen LogP contribution in [-0.2, 0) is 5.41 Å². The number of rotatable bonds is 3. The van der Waals surface area contributed by atoms with Gasteiger partial charge in [0.05, 0.1) is 16.9 Å². The van der Waals surface area contributed by atoms with Crippen LogP contribution in [0.3, 0.4) is 0 Å². The lowest BCUT2D eigenvalue weighted by molar-refractivity contribution is 0.102. The molecule has 1 amide bonds. The topological polar surface area (TPSA) is 75.6 Å². The SMILES string of the molecule is Cc1ccc(-n2nc(C(C)(C)C)cc2NC(=O)c2n[nH]c3cc(Br)ccc23)cc1. The number of nitrogens with one attached hydrogen (secondary N) is 2. The van der Waals surface area contributed by atoms with Crippen molar-refractivity contribution in [2.24, 2.45) is 0 Å². The molecule has 2 heterocycles. The van der Waals surface area contributed by atoms with E-state index in [0.717, 1.165) is 32.3 Å². The van der Waals surface area contributed by atoms with Crippen LogP contribution >= 0.6 is 15.9 Å². The number of carbonyl (C=O) groups is 1. The van der Waals surface area contributed by atoms with Crippen LogP contribution in [0.15, 0.2) is 53.0 Å². The zero-order valence-corrected chi connectivity index (χ0v) is 18.3. The van der Waals surface area contributed by atoms with Crippen molar-refractivity contribution >= 4 is 38.6 Å². The van der Waals surface area contributed by atoms with Gasteiger partial charge in [-0.15, -0.1) is 0 Å². The summed E-state index contributed by atoms with van der Waals surface area (Å²) < 4.78 is 2.69. The van der Waals surface area contributed by atoms with Crippen molar-refractivity contribution < 1.29 is 4.79 Å². The molecule has 0 radical (unpaired) electrons. The number of aryl methyl sites for hydroxylation is 1. The Hall–Kier alpha value is -2.93. The first kappa shape index (κ1) is 19.4. The van der Waals surface area contributed by atoms with Crippen LogP contribution in [0, 0.1) is 6.92 Å². The predicted molar refractivity (Wildman–Crippen MR) is 119 cm³/mol. The minimum absolute atomic E-state index is 0.152. The van der Waals surface area contributed by atoms with Gasteiger partial charge in [-0.3, -0.25) is 9.89 Å². The average molecular weight is 452 g/mol. The summed E-state index contributed by atoms with van der Waals surface area (Å²) in [6, 6.07) is 15.6. The standard InChI is InChI=1S/C22H22BrN5O/c1-13-5-8-15(9-6-13)28-19(12-18(27-28)22(2,3)4)24-21(29)20-16-10-7-14(23)11-17(16)25-26-20/h5-12H,1-4H3,(H,24,29)(H,25,26). The Kier molecular flexibility index (Phi) is 4.78. The number of amides is 1. The number of nitrogens with zero attached hydrogens (tertiary/aromatic N) is 3. The van der Waals surface area contributed by atoms with Gasteiger partial charge in [-0.1, -0.05) is 54.4 Å². The van der Waals surface area contributed by atoms with E-state index in [4.69, 9.17) is 5.10 Å². The zero-order chi connectivity index (χ0) is 20.8. The number of hydrogen-bond donors (Lipinski definition) is 2. The third-order valence-corrected chi connectivity index (χ3v) is 5.23. The van der Waals surface area contributed by atoms with Crippen molar-refractivity contribution in [3.05, 3.63) is 70.0 Å². The van der Waals surface area contributed by atoms with Gasteiger partial charge < -0.3 is 5.32 Å². The molecule has 0 atom stereocenters. The van der Waals surface area contributed by atoms with E-state index in [9.17, 15) is 4.79 Å². The second kappa shape index (κ2) is 7.15. The van der Waals surface area contributed by atoms with Gasteiger partial charge in [0.1, 0.15) is 5.82 Å². The first-order valence-electron chi connectivity index (χ1n) is 9.35. The predicted octanol–water partition coefficient (Wildman–Crippen LogP) is 5.37. The van der Waals surface area contributed by atoms with Gasteiger partial charge in [-0.2, -0.15) is 10.2 Å². The Morgan fingerprint density at radius 2 is 1.83 bits per heavy atom. The third-order valence-electron chi connectivity index (χ3n) is 4.74. The van der Waals surface area contributed by atoms with E-state index < -0.39 is 0 Å². The lowest BCUT2D eigenvalue weighted by Gasteiger charge is -2.14. The quantitative estimate of drug-likeness (QED) is 0.439. The Labute approximate surface area is 177 Å². The van der Waals surface area contributed by atoms with E-state index in [1.54, 1.807) is 4.68 Å². The maximum absolute atomic E-state index is 13.0. The number of hydrogen-bond acceptors (Lipinski definition) is 3. The molecule has 148 valence electrons. The molecular weight excluding hydrogens is 430 g/mol. The maximum atomic E-state index is 13.0. The van der Waals surface area contributed by atoms with Crippen molar-refractivity contribution in [1.29, 1.82) is 0 Å². The van der Waals surface area contributed by atoms with Crippen LogP contribution in [-0.4, -0.2) is 25.9 Å². The summed E-state index contributed by atoms with van der Waals surface area (Å²) in [6.07, 6.45) is 0. The molecule has 0 spiro atoms. The molecule has 0 fully saturated rings. The van der Waals surface area contributed by atoms with Gasteiger partial charge in [0.2, 0.25) is 0 Å². The van der Waals surface area contributed by atoms with Gasteiger partial charge in [0.25, 0.3) is 5.91 Å². The molecule has 0 aliphatic heterocycles. The molecule has 0 unspecified atom stereocenters. The minimum Gasteiger partial charge on any atom is -0.305 e. The van der Waals surface area contributed by atoms with E-state index >= 15 is 0 Å². The molecular formula is C22H22BrN5O. The van der Waals surface area contributed by atoms with Crippen LogP contribution in [0.2, 0.25) is 0 Å². The van der Waals surface area contributed by atoms with Crippen molar-refractivity contribution in [1.82, 2.24) is 20.0 Å². The van der Waals surface area contributed by atoms with Crippen molar-refractivity contribution in [3.63, 3.8) is 0 Å². The number of halogens is 1. The monoisotopic (exact) mass is 451 g/mol. The Morgan fingerprint density at radius 3 is 2.52 bits per heavy atom. The van der Waals surface area contributed by atoms with Gasteiger partial charge in [-0.05, 0) is 37.3 Å². The van der Waals surface area contributed by atoms with E-state index in [1.807, 2.05) is 55.5 Å². The molecule has 0 aliphatic carbocycles. The van der Waals surface area contributed by atoms with Gasteiger partial charge in [-0.25, -0.2) is 4.68 Å². The molecule has 7 heteroatoms. The lowest BCUT2D eigenvalue weighted by atomic mass is 9.92. The zero-order valence-electron chi connectivity index (χ0n) is 16.7. The summed E-state index contributed by atoms with van der Waals surface area (Å²) in [6.45, 7) is 8.33. The smallest absolute Gasteiger partial charge is 0.277 e. The van der Waals surface area contributed by atoms with Gasteiger partial charge in [0, 0.05) is 21.3 Å².